The maximum absolute atomic E-state index is 9.68. The van der Waals surface area contributed by atoms with Crippen LogP contribution in [0.2, 0.25) is 0 Å². The molecule has 0 bridgehead atoms. The lowest BCUT2D eigenvalue weighted by Crippen LogP contribution is -2.02. The number of hydrogen-bond acceptors (Lipinski definition) is 5. The molecule has 0 spiro atoms. The third kappa shape index (κ3) is 2.59. The summed E-state index contributed by atoms with van der Waals surface area (Å²) in [7, 11) is 0. The molecule has 0 aliphatic heterocycles. The van der Waals surface area contributed by atoms with E-state index in [4.69, 9.17) is 10.5 Å². The van der Waals surface area contributed by atoms with Crippen molar-refractivity contribution in [3.63, 3.8) is 0 Å². The lowest BCUT2D eigenvalue weighted by molar-refractivity contribution is 0.318. The van der Waals surface area contributed by atoms with Gasteiger partial charge in [0.15, 0.2) is 17.3 Å². The zero-order chi connectivity index (χ0) is 14.0. The van der Waals surface area contributed by atoms with Gasteiger partial charge in [0.2, 0.25) is 0 Å². The molecule has 19 heavy (non-hydrogen) atoms. The Kier molecular flexibility index (Phi) is 3.55. The van der Waals surface area contributed by atoms with Gasteiger partial charge in [0.05, 0.1) is 6.61 Å². The summed E-state index contributed by atoms with van der Waals surface area (Å²) in [5.74, 6) is 1.51. The van der Waals surface area contributed by atoms with Crippen LogP contribution in [-0.4, -0.2) is 21.7 Å². The molecule has 0 unspecified atom stereocenters. The second-order valence-corrected chi connectivity index (χ2v) is 4.26. The molecule has 5 nitrogen and oxygen atoms in total. The van der Waals surface area contributed by atoms with Gasteiger partial charge in [0, 0.05) is 16.8 Å². The van der Waals surface area contributed by atoms with E-state index in [1.54, 1.807) is 18.2 Å². The van der Waals surface area contributed by atoms with Crippen molar-refractivity contribution in [3.05, 3.63) is 29.5 Å². The van der Waals surface area contributed by atoms with Crippen LogP contribution in [0.1, 0.15) is 18.2 Å². The largest absolute Gasteiger partial charge is 0.504 e. The Bertz CT molecular complexity index is 589. The molecule has 0 saturated carbocycles. The maximum Gasteiger partial charge on any atom is 0.161 e. The summed E-state index contributed by atoms with van der Waals surface area (Å²) in [6.07, 6.45) is 0. The molecule has 1 aromatic carbocycles. The molecule has 0 aliphatic carbocycles. The second-order valence-electron chi connectivity index (χ2n) is 4.26. The molecule has 2 aromatic rings. The average molecular weight is 259 g/mol. The van der Waals surface area contributed by atoms with Gasteiger partial charge in [-0.2, -0.15) is 0 Å². The highest BCUT2D eigenvalue weighted by Gasteiger charge is 2.10. The number of anilines is 1. The molecule has 2 rings (SSSR count). The Labute approximate surface area is 112 Å². The fourth-order valence-electron chi connectivity index (χ4n) is 1.70. The number of phenolic OH excluding ortho intramolecular Hbond substituents is 1. The number of nitrogens with two attached hydrogens (primary N) is 1. The molecule has 100 valence electrons. The topological polar surface area (TPSA) is 81.3 Å². The van der Waals surface area contributed by atoms with Crippen molar-refractivity contribution < 1.29 is 9.84 Å². The first-order valence-electron chi connectivity index (χ1n) is 6.09. The number of hydrogen-bond donors (Lipinski definition) is 2. The fraction of sp³-hybridized carbons (Fsp3) is 0.286. The smallest absolute Gasteiger partial charge is 0.161 e. The quantitative estimate of drug-likeness (QED) is 0.884. The van der Waals surface area contributed by atoms with Crippen molar-refractivity contribution in [2.24, 2.45) is 0 Å². The number of nitrogens with zero attached hydrogens (tertiary/aromatic N) is 2. The minimum absolute atomic E-state index is 0.0994. The Balaban J connectivity index is 2.50. The van der Waals surface area contributed by atoms with E-state index >= 15 is 0 Å². The number of ether oxygens (including phenoxy) is 1. The molecule has 1 heterocycles. The Morgan fingerprint density at radius 3 is 2.63 bits per heavy atom. The zero-order valence-corrected chi connectivity index (χ0v) is 11.3. The molecule has 0 amide bonds. The first-order valence-corrected chi connectivity index (χ1v) is 6.09. The van der Waals surface area contributed by atoms with Gasteiger partial charge in [-0.25, -0.2) is 9.97 Å². The Morgan fingerprint density at radius 2 is 2.00 bits per heavy atom. The molecule has 0 aliphatic rings. The van der Waals surface area contributed by atoms with Crippen LogP contribution in [0.4, 0.5) is 5.82 Å². The van der Waals surface area contributed by atoms with E-state index in [1.807, 2.05) is 20.8 Å². The van der Waals surface area contributed by atoms with E-state index in [2.05, 4.69) is 9.97 Å². The fourth-order valence-corrected chi connectivity index (χ4v) is 1.70. The van der Waals surface area contributed by atoms with Crippen molar-refractivity contribution in [1.29, 1.82) is 0 Å². The van der Waals surface area contributed by atoms with E-state index < -0.39 is 0 Å². The molecule has 5 heteroatoms. The highest BCUT2D eigenvalue weighted by Crippen LogP contribution is 2.31. The van der Waals surface area contributed by atoms with Gasteiger partial charge in [-0.15, -0.1) is 0 Å². The minimum atomic E-state index is 0.0994. The number of nitrogen functional groups attached to an aromatic ring is 1. The minimum Gasteiger partial charge on any atom is -0.504 e. The summed E-state index contributed by atoms with van der Waals surface area (Å²) in [4.78, 5) is 8.67. The van der Waals surface area contributed by atoms with Gasteiger partial charge < -0.3 is 15.6 Å². The van der Waals surface area contributed by atoms with Crippen LogP contribution in [0.25, 0.3) is 11.4 Å². The van der Waals surface area contributed by atoms with Crippen LogP contribution in [0, 0.1) is 13.8 Å². The zero-order valence-electron chi connectivity index (χ0n) is 11.3. The normalized spacial score (nSPS) is 10.5. The third-order valence-electron chi connectivity index (χ3n) is 2.94. The third-order valence-corrected chi connectivity index (χ3v) is 2.94. The first kappa shape index (κ1) is 13.1. The van der Waals surface area contributed by atoms with Gasteiger partial charge in [0.1, 0.15) is 5.82 Å². The van der Waals surface area contributed by atoms with Crippen molar-refractivity contribution in [2.75, 3.05) is 12.3 Å². The van der Waals surface area contributed by atoms with E-state index in [0.717, 1.165) is 16.8 Å². The predicted molar refractivity (Wildman–Crippen MR) is 74.2 cm³/mol. The van der Waals surface area contributed by atoms with Crippen molar-refractivity contribution in [1.82, 2.24) is 9.97 Å². The highest BCUT2D eigenvalue weighted by molar-refractivity contribution is 5.63. The molecule has 0 radical (unpaired) electrons. The van der Waals surface area contributed by atoms with Crippen molar-refractivity contribution in [2.45, 2.75) is 20.8 Å². The number of benzene rings is 1. The van der Waals surface area contributed by atoms with Crippen LogP contribution in [0.5, 0.6) is 11.5 Å². The highest BCUT2D eigenvalue weighted by atomic mass is 16.5. The van der Waals surface area contributed by atoms with Gasteiger partial charge >= 0.3 is 0 Å². The number of aryl methyl sites for hydroxylation is 1. The number of rotatable bonds is 3. The number of phenols is 1. The first-order chi connectivity index (χ1) is 9.02. The van der Waals surface area contributed by atoms with Gasteiger partial charge in [-0.1, -0.05) is 0 Å². The van der Waals surface area contributed by atoms with E-state index in [0.29, 0.717) is 24.0 Å². The standard InChI is InChI=1S/C14H17N3O2/c1-4-19-12-7-10(5-6-11(12)18)14-16-9(3)8(2)13(15)17-14/h5-7,18H,4H2,1-3H3,(H2,15,16,17). The molecule has 0 saturated heterocycles. The van der Waals surface area contributed by atoms with E-state index in [-0.39, 0.29) is 5.75 Å². The number of aromatic hydroxyl groups is 1. The molecular formula is C14H17N3O2. The summed E-state index contributed by atoms with van der Waals surface area (Å²) in [5, 5.41) is 9.68. The lowest BCUT2D eigenvalue weighted by atomic mass is 10.1. The predicted octanol–water partition coefficient (Wildman–Crippen LogP) is 2.45. The van der Waals surface area contributed by atoms with Crippen LogP contribution >= 0.6 is 0 Å². The number of aromatic nitrogens is 2. The summed E-state index contributed by atoms with van der Waals surface area (Å²) in [6, 6.07) is 5.01. The molecule has 0 fully saturated rings. The van der Waals surface area contributed by atoms with Gasteiger partial charge in [0.25, 0.3) is 0 Å². The SMILES string of the molecule is CCOc1cc(-c2nc(C)c(C)c(N)n2)ccc1O. The van der Waals surface area contributed by atoms with Crippen LogP contribution in [0.3, 0.4) is 0 Å². The second kappa shape index (κ2) is 5.14. The van der Waals surface area contributed by atoms with Crippen LogP contribution in [-0.2, 0) is 0 Å². The summed E-state index contributed by atoms with van der Waals surface area (Å²) < 4.78 is 5.35. The van der Waals surface area contributed by atoms with E-state index in [1.165, 1.54) is 0 Å². The Morgan fingerprint density at radius 1 is 1.26 bits per heavy atom. The van der Waals surface area contributed by atoms with Crippen molar-refractivity contribution in [3.8, 4) is 22.9 Å². The maximum atomic E-state index is 9.68. The average Bonchev–Trinajstić information content (AvgIpc) is 2.38. The molecule has 3 N–H and O–H groups in total. The summed E-state index contributed by atoms with van der Waals surface area (Å²) >= 11 is 0. The van der Waals surface area contributed by atoms with Crippen LogP contribution in [0.15, 0.2) is 18.2 Å². The summed E-state index contributed by atoms with van der Waals surface area (Å²) in [5.41, 5.74) is 8.34. The van der Waals surface area contributed by atoms with Crippen LogP contribution < -0.4 is 10.5 Å². The Hall–Kier alpha value is -2.30. The monoisotopic (exact) mass is 259 g/mol. The molecule has 0 atom stereocenters. The molecule has 1 aromatic heterocycles. The van der Waals surface area contributed by atoms with Gasteiger partial charge in [-0.3, -0.25) is 0 Å². The molecular weight excluding hydrogens is 242 g/mol. The van der Waals surface area contributed by atoms with Crippen molar-refractivity contribution >= 4 is 5.82 Å². The summed E-state index contributed by atoms with van der Waals surface area (Å²) in [6.45, 7) is 6.11. The van der Waals surface area contributed by atoms with Gasteiger partial charge in [-0.05, 0) is 39.0 Å². The van der Waals surface area contributed by atoms with E-state index in [9.17, 15) is 5.11 Å². The lowest BCUT2D eigenvalue weighted by Gasteiger charge is -2.10.